The molecule has 0 saturated carbocycles. The van der Waals surface area contributed by atoms with Gasteiger partial charge in [-0.2, -0.15) is 0 Å². The molecule has 3 heteroatoms. The minimum absolute atomic E-state index is 0.105. The fraction of sp³-hybridized carbons (Fsp3) is 0.500. The highest BCUT2D eigenvalue weighted by Crippen LogP contribution is 2.13. The number of nitrogens with two attached hydrogens (primary N) is 1. The fourth-order valence-electron chi connectivity index (χ4n) is 1.57. The summed E-state index contributed by atoms with van der Waals surface area (Å²) in [5, 5.41) is 0. The van der Waals surface area contributed by atoms with Crippen LogP contribution < -0.4 is 5.73 Å². The maximum absolute atomic E-state index is 11.0. The Balaban J connectivity index is 2.66. The first kappa shape index (κ1) is 12.4. The Morgan fingerprint density at radius 1 is 1.33 bits per heavy atom. The molecule has 0 aliphatic rings. The van der Waals surface area contributed by atoms with Crippen LogP contribution in [0.2, 0.25) is 0 Å². The summed E-state index contributed by atoms with van der Waals surface area (Å²) in [6, 6.07) is 8.20. The Morgan fingerprint density at radius 2 is 1.93 bits per heavy atom. The Morgan fingerprint density at radius 3 is 2.40 bits per heavy atom. The predicted octanol–water partition coefficient (Wildman–Crippen LogP) is 2.02. The van der Waals surface area contributed by atoms with Gasteiger partial charge in [0.1, 0.15) is 0 Å². The van der Waals surface area contributed by atoms with E-state index in [0.717, 1.165) is 18.4 Å². The van der Waals surface area contributed by atoms with Crippen molar-refractivity contribution in [3.63, 3.8) is 0 Å². The molecule has 0 aliphatic carbocycles. The Labute approximate surface area is 94.3 Å². The van der Waals surface area contributed by atoms with E-state index in [4.69, 9.17) is 5.73 Å². The lowest BCUT2D eigenvalue weighted by atomic mass is 10.0. The minimum Gasteiger partial charge on any atom is -0.323 e. The van der Waals surface area contributed by atoms with Crippen LogP contribution in [0.4, 0.5) is 0 Å². The maximum atomic E-state index is 11.0. The van der Waals surface area contributed by atoms with Crippen molar-refractivity contribution in [2.45, 2.75) is 25.8 Å². The molecule has 1 rings (SSSR count). The van der Waals surface area contributed by atoms with Crippen LogP contribution in [0.25, 0.3) is 0 Å². The molecule has 0 fully saturated rings. The Kier molecular flexibility index (Phi) is 4.99. The van der Waals surface area contributed by atoms with E-state index in [1.165, 1.54) is 5.56 Å². The molecule has 0 heterocycles. The first-order chi connectivity index (χ1) is 7.13. The average molecular weight is 225 g/mol. The zero-order chi connectivity index (χ0) is 11.3. The number of aryl methyl sites for hydroxylation is 1. The Hall–Kier alpha value is -0.670. The standard InChI is InChI=1S/C12H19NOS/c1-3-4-10-5-7-11(8-6-10)12(13)9-15(2)14/h5-8,12H,3-4,9,13H2,1-2H3. The topological polar surface area (TPSA) is 43.1 Å². The molecule has 0 amide bonds. The molecule has 2 N–H and O–H groups in total. The monoisotopic (exact) mass is 225 g/mol. The van der Waals surface area contributed by atoms with Gasteiger partial charge in [-0.3, -0.25) is 4.21 Å². The number of benzene rings is 1. The second-order valence-electron chi connectivity index (χ2n) is 3.84. The second-order valence-corrected chi connectivity index (χ2v) is 5.32. The van der Waals surface area contributed by atoms with E-state index in [-0.39, 0.29) is 6.04 Å². The van der Waals surface area contributed by atoms with E-state index in [2.05, 4.69) is 19.1 Å². The van der Waals surface area contributed by atoms with Crippen molar-refractivity contribution < 1.29 is 4.21 Å². The van der Waals surface area contributed by atoms with E-state index in [0.29, 0.717) is 5.75 Å². The van der Waals surface area contributed by atoms with Crippen molar-refractivity contribution in [3.8, 4) is 0 Å². The third kappa shape index (κ3) is 4.14. The number of hydrogen-bond acceptors (Lipinski definition) is 2. The molecule has 15 heavy (non-hydrogen) atoms. The van der Waals surface area contributed by atoms with Crippen LogP contribution in [0.5, 0.6) is 0 Å². The third-order valence-electron chi connectivity index (χ3n) is 2.36. The highest BCUT2D eigenvalue weighted by molar-refractivity contribution is 7.84. The summed E-state index contributed by atoms with van der Waals surface area (Å²) in [7, 11) is -0.830. The third-order valence-corrected chi connectivity index (χ3v) is 3.19. The van der Waals surface area contributed by atoms with Crippen molar-refractivity contribution >= 4 is 10.8 Å². The van der Waals surface area contributed by atoms with Gasteiger partial charge in [0, 0.05) is 28.9 Å². The number of hydrogen-bond donors (Lipinski definition) is 1. The van der Waals surface area contributed by atoms with Crippen LogP contribution in [0.15, 0.2) is 24.3 Å². The zero-order valence-corrected chi connectivity index (χ0v) is 10.2. The van der Waals surface area contributed by atoms with Crippen molar-refractivity contribution in [2.24, 2.45) is 5.73 Å². The van der Waals surface area contributed by atoms with Crippen LogP contribution in [0.1, 0.15) is 30.5 Å². The van der Waals surface area contributed by atoms with E-state index < -0.39 is 10.8 Å². The van der Waals surface area contributed by atoms with Crippen LogP contribution in [-0.4, -0.2) is 16.2 Å². The van der Waals surface area contributed by atoms with Gasteiger partial charge < -0.3 is 5.73 Å². The molecule has 2 nitrogen and oxygen atoms in total. The van der Waals surface area contributed by atoms with Crippen LogP contribution in [0.3, 0.4) is 0 Å². The summed E-state index contributed by atoms with van der Waals surface area (Å²) < 4.78 is 11.0. The average Bonchev–Trinajstić information content (AvgIpc) is 2.18. The minimum atomic E-state index is -0.830. The fourth-order valence-corrected chi connectivity index (χ4v) is 2.27. The van der Waals surface area contributed by atoms with E-state index in [9.17, 15) is 4.21 Å². The zero-order valence-electron chi connectivity index (χ0n) is 9.40. The molecular formula is C12H19NOS. The van der Waals surface area contributed by atoms with Crippen molar-refractivity contribution in [1.82, 2.24) is 0 Å². The molecule has 2 unspecified atom stereocenters. The van der Waals surface area contributed by atoms with Gasteiger partial charge in [0.25, 0.3) is 0 Å². The molecule has 0 saturated heterocycles. The van der Waals surface area contributed by atoms with Gasteiger partial charge in [0.15, 0.2) is 0 Å². The van der Waals surface area contributed by atoms with Gasteiger partial charge >= 0.3 is 0 Å². The molecule has 0 radical (unpaired) electrons. The van der Waals surface area contributed by atoms with E-state index >= 15 is 0 Å². The van der Waals surface area contributed by atoms with Gasteiger partial charge in [-0.15, -0.1) is 0 Å². The molecule has 0 aliphatic heterocycles. The van der Waals surface area contributed by atoms with Crippen molar-refractivity contribution in [1.29, 1.82) is 0 Å². The van der Waals surface area contributed by atoms with Gasteiger partial charge in [-0.1, -0.05) is 37.6 Å². The summed E-state index contributed by atoms with van der Waals surface area (Å²) in [4.78, 5) is 0. The first-order valence-electron chi connectivity index (χ1n) is 5.28. The quantitative estimate of drug-likeness (QED) is 0.833. The van der Waals surface area contributed by atoms with Gasteiger partial charge in [-0.25, -0.2) is 0 Å². The summed E-state index contributed by atoms with van der Waals surface area (Å²) in [6.07, 6.45) is 3.95. The second kappa shape index (κ2) is 6.03. The molecule has 1 aromatic carbocycles. The summed E-state index contributed by atoms with van der Waals surface area (Å²) in [6.45, 7) is 2.17. The van der Waals surface area contributed by atoms with Crippen molar-refractivity contribution in [3.05, 3.63) is 35.4 Å². The summed E-state index contributed by atoms with van der Waals surface area (Å²) in [5.41, 5.74) is 8.34. The van der Waals surface area contributed by atoms with Crippen LogP contribution in [0, 0.1) is 0 Å². The van der Waals surface area contributed by atoms with Crippen molar-refractivity contribution in [2.75, 3.05) is 12.0 Å². The van der Waals surface area contributed by atoms with Gasteiger partial charge in [-0.05, 0) is 17.5 Å². The normalized spacial score (nSPS) is 14.9. The molecule has 84 valence electrons. The van der Waals surface area contributed by atoms with Gasteiger partial charge in [0.05, 0.1) is 0 Å². The lowest BCUT2D eigenvalue weighted by Gasteiger charge is -2.10. The molecule has 0 spiro atoms. The van der Waals surface area contributed by atoms with E-state index in [1.807, 2.05) is 12.1 Å². The molecular weight excluding hydrogens is 206 g/mol. The molecule has 2 atom stereocenters. The molecule has 0 bridgehead atoms. The largest absolute Gasteiger partial charge is 0.323 e. The van der Waals surface area contributed by atoms with Gasteiger partial charge in [0.2, 0.25) is 0 Å². The summed E-state index contributed by atoms with van der Waals surface area (Å²) >= 11 is 0. The molecule has 0 aromatic heterocycles. The summed E-state index contributed by atoms with van der Waals surface area (Å²) in [5.74, 6) is 0.535. The maximum Gasteiger partial charge on any atom is 0.0425 e. The first-order valence-corrected chi connectivity index (χ1v) is 7.00. The highest BCUT2D eigenvalue weighted by Gasteiger charge is 2.07. The van der Waals surface area contributed by atoms with Crippen LogP contribution in [-0.2, 0) is 17.2 Å². The lowest BCUT2D eigenvalue weighted by Crippen LogP contribution is -2.17. The smallest absolute Gasteiger partial charge is 0.0425 e. The SMILES string of the molecule is CCCc1ccc(C(N)CS(C)=O)cc1. The van der Waals surface area contributed by atoms with E-state index in [1.54, 1.807) is 6.26 Å². The number of rotatable bonds is 5. The predicted molar refractivity (Wildman–Crippen MR) is 66.3 cm³/mol. The van der Waals surface area contributed by atoms with Crippen LogP contribution >= 0.6 is 0 Å². The lowest BCUT2D eigenvalue weighted by molar-refractivity contribution is 0.679. The highest BCUT2D eigenvalue weighted by atomic mass is 32.2. The Bertz CT molecular complexity index is 321. The molecule has 1 aromatic rings.